The Morgan fingerprint density at radius 3 is 2.27 bits per heavy atom. The molecule has 0 fully saturated rings. The number of ether oxygens (including phenoxy) is 1. The average Bonchev–Trinajstić information content (AvgIpc) is 2.55. The number of hydrogen-bond donors (Lipinski definition) is 3. The third-order valence-electron chi connectivity index (χ3n) is 2.90. The van der Waals surface area contributed by atoms with Gasteiger partial charge in [0.25, 0.3) is 0 Å². The van der Waals surface area contributed by atoms with E-state index < -0.39 is 12.0 Å². The largest absolute Gasteiger partial charge is 0.444 e. The molecule has 114 valence electrons. The van der Waals surface area contributed by atoms with Crippen LogP contribution in [0.4, 0.5) is 10.5 Å². The van der Waals surface area contributed by atoms with E-state index in [0.29, 0.717) is 5.69 Å². The topological polar surface area (TPSA) is 87.7 Å². The molecule has 2 amide bonds. The molecule has 6 nitrogen and oxygen atoms in total. The van der Waals surface area contributed by atoms with Gasteiger partial charge in [0.05, 0.1) is 6.42 Å². The Balaban J connectivity index is 1.82. The fourth-order valence-electron chi connectivity index (χ4n) is 1.81. The van der Waals surface area contributed by atoms with Crippen molar-refractivity contribution in [3.8, 4) is 0 Å². The molecule has 0 aliphatic heterocycles. The van der Waals surface area contributed by atoms with E-state index in [1.165, 1.54) is 0 Å². The summed E-state index contributed by atoms with van der Waals surface area (Å²) in [7, 11) is 0. The molecule has 0 aromatic heterocycles. The first-order chi connectivity index (χ1) is 10.7. The molecule has 6 heteroatoms. The lowest BCUT2D eigenvalue weighted by Crippen LogP contribution is -2.20. The number of hydroxylamine groups is 1. The summed E-state index contributed by atoms with van der Waals surface area (Å²) in [6, 6.07) is 16.1. The average molecular weight is 300 g/mol. The Hall–Kier alpha value is -2.86. The van der Waals surface area contributed by atoms with Crippen LogP contribution >= 0.6 is 0 Å². The minimum absolute atomic E-state index is 0.0647. The van der Waals surface area contributed by atoms with Gasteiger partial charge in [-0.1, -0.05) is 42.5 Å². The van der Waals surface area contributed by atoms with Crippen LogP contribution in [0.15, 0.2) is 54.6 Å². The Morgan fingerprint density at radius 1 is 0.955 bits per heavy atom. The highest BCUT2D eigenvalue weighted by Gasteiger charge is 2.05. The predicted octanol–water partition coefficient (Wildman–Crippen LogP) is 2.48. The van der Waals surface area contributed by atoms with Crippen LogP contribution in [0.2, 0.25) is 0 Å². The minimum Gasteiger partial charge on any atom is -0.444 e. The van der Waals surface area contributed by atoms with Crippen molar-refractivity contribution in [3.05, 3.63) is 65.7 Å². The highest BCUT2D eigenvalue weighted by Crippen LogP contribution is 2.11. The maximum atomic E-state index is 11.7. The normalized spacial score (nSPS) is 9.86. The van der Waals surface area contributed by atoms with Crippen LogP contribution in [0.3, 0.4) is 0 Å². The van der Waals surface area contributed by atoms with Gasteiger partial charge in [-0.3, -0.25) is 15.3 Å². The highest BCUT2D eigenvalue weighted by molar-refractivity contribution is 5.84. The van der Waals surface area contributed by atoms with Gasteiger partial charge < -0.3 is 4.74 Å². The maximum Gasteiger partial charge on any atom is 0.411 e. The first kappa shape index (κ1) is 15.5. The van der Waals surface area contributed by atoms with Crippen molar-refractivity contribution in [1.82, 2.24) is 5.48 Å². The Bertz CT molecular complexity index is 626. The number of anilines is 1. The van der Waals surface area contributed by atoms with Gasteiger partial charge in [-0.15, -0.1) is 0 Å². The molecule has 0 bridgehead atoms. The van der Waals surface area contributed by atoms with Gasteiger partial charge in [-0.2, -0.15) is 0 Å². The summed E-state index contributed by atoms with van der Waals surface area (Å²) in [6.07, 6.45) is -0.486. The van der Waals surface area contributed by atoms with Crippen molar-refractivity contribution in [3.63, 3.8) is 0 Å². The van der Waals surface area contributed by atoms with Crippen molar-refractivity contribution >= 4 is 17.7 Å². The summed E-state index contributed by atoms with van der Waals surface area (Å²) in [5, 5.41) is 11.0. The molecule has 0 radical (unpaired) electrons. The Morgan fingerprint density at radius 2 is 1.64 bits per heavy atom. The lowest BCUT2D eigenvalue weighted by Gasteiger charge is -2.08. The zero-order chi connectivity index (χ0) is 15.8. The number of carbonyl (C=O) groups is 2. The zero-order valence-corrected chi connectivity index (χ0v) is 11.8. The van der Waals surface area contributed by atoms with Crippen LogP contribution in [-0.4, -0.2) is 17.2 Å². The fraction of sp³-hybridized carbons (Fsp3) is 0.125. The van der Waals surface area contributed by atoms with Crippen molar-refractivity contribution in [2.75, 3.05) is 5.32 Å². The molecule has 2 aromatic rings. The standard InChI is InChI=1S/C16H16N2O4/c19-15(18-21)10-12-6-8-14(9-7-12)17-16(20)22-11-13-4-2-1-3-5-13/h1-9,21H,10-11H2,(H,17,20)(H,18,19). The number of carbonyl (C=O) groups excluding carboxylic acids is 2. The third kappa shape index (κ3) is 4.92. The second-order valence-electron chi connectivity index (χ2n) is 4.60. The molecule has 0 saturated carbocycles. The van der Waals surface area contributed by atoms with Gasteiger partial charge in [0.2, 0.25) is 5.91 Å². The predicted molar refractivity (Wildman–Crippen MR) is 80.3 cm³/mol. The number of rotatable bonds is 5. The number of benzene rings is 2. The fourth-order valence-corrected chi connectivity index (χ4v) is 1.81. The first-order valence-corrected chi connectivity index (χ1v) is 6.67. The van der Waals surface area contributed by atoms with Crippen LogP contribution < -0.4 is 10.8 Å². The number of nitrogens with one attached hydrogen (secondary N) is 2. The Labute approximate surface area is 127 Å². The molecule has 22 heavy (non-hydrogen) atoms. The summed E-state index contributed by atoms with van der Waals surface area (Å²) in [5.74, 6) is -0.497. The lowest BCUT2D eigenvalue weighted by atomic mass is 10.1. The van der Waals surface area contributed by atoms with E-state index in [0.717, 1.165) is 11.1 Å². The smallest absolute Gasteiger partial charge is 0.411 e. The van der Waals surface area contributed by atoms with Crippen LogP contribution in [0.5, 0.6) is 0 Å². The van der Waals surface area contributed by atoms with Crippen LogP contribution in [-0.2, 0) is 22.6 Å². The van der Waals surface area contributed by atoms with E-state index in [-0.39, 0.29) is 13.0 Å². The van der Waals surface area contributed by atoms with Crippen LogP contribution in [0, 0.1) is 0 Å². The van der Waals surface area contributed by atoms with E-state index in [4.69, 9.17) is 9.94 Å². The van der Waals surface area contributed by atoms with Crippen LogP contribution in [0.25, 0.3) is 0 Å². The van der Waals surface area contributed by atoms with Gasteiger partial charge in [0.15, 0.2) is 0 Å². The monoisotopic (exact) mass is 300 g/mol. The molecule has 0 unspecified atom stereocenters. The molecule has 2 rings (SSSR count). The third-order valence-corrected chi connectivity index (χ3v) is 2.90. The van der Waals surface area contributed by atoms with Crippen molar-refractivity contribution in [2.45, 2.75) is 13.0 Å². The zero-order valence-electron chi connectivity index (χ0n) is 11.8. The molecule has 0 atom stereocenters. The summed E-state index contributed by atoms with van der Waals surface area (Å²) in [6.45, 7) is 0.196. The summed E-state index contributed by atoms with van der Waals surface area (Å²) < 4.78 is 5.10. The minimum atomic E-state index is -0.551. The van der Waals surface area contributed by atoms with Gasteiger partial charge in [-0.05, 0) is 23.3 Å². The van der Waals surface area contributed by atoms with Crippen molar-refractivity contribution < 1.29 is 19.5 Å². The van der Waals surface area contributed by atoms with E-state index in [1.54, 1.807) is 29.7 Å². The van der Waals surface area contributed by atoms with E-state index >= 15 is 0 Å². The summed E-state index contributed by atoms with van der Waals surface area (Å²) in [5.41, 5.74) is 3.75. The van der Waals surface area contributed by atoms with Gasteiger partial charge in [0.1, 0.15) is 6.61 Å². The SMILES string of the molecule is O=C(Cc1ccc(NC(=O)OCc2ccccc2)cc1)NO. The number of amides is 2. The van der Waals surface area contributed by atoms with E-state index in [2.05, 4.69) is 5.32 Å². The van der Waals surface area contributed by atoms with Gasteiger partial charge in [0, 0.05) is 5.69 Å². The molecular weight excluding hydrogens is 284 g/mol. The van der Waals surface area contributed by atoms with Crippen LogP contribution in [0.1, 0.15) is 11.1 Å². The molecule has 0 saturated heterocycles. The first-order valence-electron chi connectivity index (χ1n) is 6.67. The van der Waals surface area contributed by atoms with Gasteiger partial charge >= 0.3 is 6.09 Å². The van der Waals surface area contributed by atoms with E-state index in [1.807, 2.05) is 30.3 Å². The molecule has 0 aliphatic carbocycles. The van der Waals surface area contributed by atoms with Gasteiger partial charge in [-0.25, -0.2) is 10.3 Å². The van der Waals surface area contributed by atoms with Crippen molar-refractivity contribution in [2.24, 2.45) is 0 Å². The highest BCUT2D eigenvalue weighted by atomic mass is 16.5. The lowest BCUT2D eigenvalue weighted by molar-refractivity contribution is -0.128. The number of hydrogen-bond acceptors (Lipinski definition) is 4. The molecule has 0 spiro atoms. The quantitative estimate of drug-likeness (QED) is 0.585. The maximum absolute atomic E-state index is 11.7. The molecule has 2 aromatic carbocycles. The molecule has 3 N–H and O–H groups in total. The second kappa shape index (κ2) is 7.80. The van der Waals surface area contributed by atoms with E-state index in [9.17, 15) is 9.59 Å². The molecular formula is C16H16N2O4. The second-order valence-corrected chi connectivity index (χ2v) is 4.60. The van der Waals surface area contributed by atoms with Crippen molar-refractivity contribution in [1.29, 1.82) is 0 Å². The summed E-state index contributed by atoms with van der Waals surface area (Å²) in [4.78, 5) is 22.7. The summed E-state index contributed by atoms with van der Waals surface area (Å²) >= 11 is 0. The Kier molecular flexibility index (Phi) is 5.50. The molecule has 0 heterocycles. The molecule has 0 aliphatic rings.